The number of piperazine rings is 1. The van der Waals surface area contributed by atoms with Crippen molar-refractivity contribution in [1.82, 2.24) is 14.5 Å². The van der Waals surface area contributed by atoms with Crippen LogP contribution in [0.25, 0.3) is 0 Å². The number of anilines is 1. The van der Waals surface area contributed by atoms with E-state index < -0.39 is 10.0 Å². The number of rotatable bonds is 5. The van der Waals surface area contributed by atoms with Crippen molar-refractivity contribution in [1.29, 1.82) is 0 Å². The first-order valence-corrected chi connectivity index (χ1v) is 10.8. The van der Waals surface area contributed by atoms with E-state index in [1.165, 1.54) is 0 Å². The molecule has 0 aliphatic carbocycles. The van der Waals surface area contributed by atoms with E-state index in [0.29, 0.717) is 18.8 Å². The first-order chi connectivity index (χ1) is 12.5. The minimum atomic E-state index is -3.44. The molecule has 7 nitrogen and oxygen atoms in total. The van der Waals surface area contributed by atoms with Crippen LogP contribution in [0.15, 0.2) is 29.2 Å². The summed E-state index contributed by atoms with van der Waals surface area (Å²) in [6, 6.07) is 6.27. The van der Waals surface area contributed by atoms with Crippen molar-refractivity contribution in [3.8, 4) is 0 Å². The molecule has 10 heteroatoms. The Kier molecular flexibility index (Phi) is 10.2. The van der Waals surface area contributed by atoms with E-state index in [9.17, 15) is 13.2 Å². The second-order valence-corrected chi connectivity index (χ2v) is 8.88. The van der Waals surface area contributed by atoms with E-state index in [1.54, 1.807) is 28.6 Å². The number of carbonyl (C=O) groups excluding carboxylic acids is 1. The van der Waals surface area contributed by atoms with Gasteiger partial charge in [0.1, 0.15) is 0 Å². The van der Waals surface area contributed by atoms with Gasteiger partial charge in [-0.1, -0.05) is 6.42 Å². The Morgan fingerprint density at radius 1 is 1.00 bits per heavy atom. The van der Waals surface area contributed by atoms with Crippen molar-refractivity contribution in [3.05, 3.63) is 24.3 Å². The highest BCUT2D eigenvalue weighted by Crippen LogP contribution is 2.22. The second kappa shape index (κ2) is 11.3. The molecular weight excluding hydrogens is 423 g/mol. The molecule has 0 saturated carbocycles. The van der Waals surface area contributed by atoms with E-state index >= 15 is 0 Å². The number of amides is 1. The maximum atomic E-state index is 12.7. The molecule has 0 radical (unpaired) electrons. The van der Waals surface area contributed by atoms with Gasteiger partial charge in [0.05, 0.1) is 10.9 Å². The van der Waals surface area contributed by atoms with Crippen LogP contribution in [0, 0.1) is 0 Å². The van der Waals surface area contributed by atoms with Gasteiger partial charge < -0.3 is 10.6 Å². The van der Waals surface area contributed by atoms with Crippen LogP contribution in [0.5, 0.6) is 0 Å². The summed E-state index contributed by atoms with van der Waals surface area (Å²) >= 11 is 0. The van der Waals surface area contributed by atoms with E-state index in [-0.39, 0.29) is 41.7 Å². The van der Waals surface area contributed by atoms with Crippen LogP contribution in [-0.2, 0) is 14.8 Å². The first-order valence-electron chi connectivity index (χ1n) is 9.34. The normalized spacial score (nSPS) is 19.8. The third-order valence-corrected chi connectivity index (χ3v) is 7.07. The molecule has 2 fully saturated rings. The molecule has 2 aliphatic heterocycles. The standard InChI is InChI=1S/C18H28N4O3S.2ClH/c1-15(21-13-9-19-10-14-21)18(23)20-16-5-7-17(8-6-16)26(24,25)22-11-3-2-4-12-22;;/h5-8,15,19H,2-4,9-14H2,1H3,(H,20,23);2*1H. The molecule has 160 valence electrons. The Hall–Kier alpha value is -0.900. The molecule has 0 spiro atoms. The molecule has 28 heavy (non-hydrogen) atoms. The summed E-state index contributed by atoms with van der Waals surface area (Å²) in [7, 11) is -3.44. The molecule has 2 heterocycles. The lowest BCUT2D eigenvalue weighted by molar-refractivity contribution is -0.120. The Labute approximate surface area is 180 Å². The number of carbonyl (C=O) groups is 1. The highest BCUT2D eigenvalue weighted by Gasteiger charge is 2.26. The molecule has 1 aromatic rings. The van der Waals surface area contributed by atoms with Gasteiger partial charge in [0.2, 0.25) is 15.9 Å². The number of halogens is 2. The number of sulfonamides is 1. The van der Waals surface area contributed by atoms with Gasteiger partial charge in [-0.05, 0) is 44.0 Å². The number of hydrogen-bond acceptors (Lipinski definition) is 5. The van der Waals surface area contributed by atoms with Gasteiger partial charge in [0.15, 0.2) is 0 Å². The second-order valence-electron chi connectivity index (χ2n) is 6.94. The minimum Gasteiger partial charge on any atom is -0.325 e. The Balaban J connectivity index is 0.00000196. The van der Waals surface area contributed by atoms with Crippen LogP contribution in [-0.4, -0.2) is 68.8 Å². The average Bonchev–Trinajstić information content (AvgIpc) is 2.69. The zero-order chi connectivity index (χ0) is 18.6. The van der Waals surface area contributed by atoms with Gasteiger partial charge in [-0.2, -0.15) is 4.31 Å². The third kappa shape index (κ3) is 6.05. The minimum absolute atomic E-state index is 0. The molecular formula is C18H30Cl2N4O3S. The maximum absolute atomic E-state index is 12.7. The molecule has 2 saturated heterocycles. The fraction of sp³-hybridized carbons (Fsp3) is 0.611. The number of nitrogens with one attached hydrogen (secondary N) is 2. The summed E-state index contributed by atoms with van der Waals surface area (Å²) in [5.41, 5.74) is 0.620. The van der Waals surface area contributed by atoms with Crippen LogP contribution in [0.4, 0.5) is 5.69 Å². The maximum Gasteiger partial charge on any atom is 0.243 e. The van der Waals surface area contributed by atoms with Crippen molar-refractivity contribution in [2.75, 3.05) is 44.6 Å². The Morgan fingerprint density at radius 2 is 1.57 bits per heavy atom. The van der Waals surface area contributed by atoms with Crippen molar-refractivity contribution < 1.29 is 13.2 Å². The molecule has 0 aromatic heterocycles. The summed E-state index contributed by atoms with van der Waals surface area (Å²) in [5.74, 6) is -0.0708. The lowest BCUT2D eigenvalue weighted by Gasteiger charge is -2.31. The lowest BCUT2D eigenvalue weighted by Crippen LogP contribution is -2.51. The summed E-state index contributed by atoms with van der Waals surface area (Å²) in [6.45, 7) is 6.55. The zero-order valence-electron chi connectivity index (χ0n) is 16.1. The molecule has 2 N–H and O–H groups in total. The predicted molar refractivity (Wildman–Crippen MR) is 116 cm³/mol. The molecule has 2 aliphatic rings. The molecule has 1 unspecified atom stereocenters. The highest BCUT2D eigenvalue weighted by molar-refractivity contribution is 7.89. The van der Waals surface area contributed by atoms with Crippen LogP contribution in [0.1, 0.15) is 26.2 Å². The smallest absolute Gasteiger partial charge is 0.243 e. The van der Waals surface area contributed by atoms with Crippen molar-refractivity contribution in [2.45, 2.75) is 37.1 Å². The summed E-state index contributed by atoms with van der Waals surface area (Å²) in [4.78, 5) is 14.9. The predicted octanol–water partition coefficient (Wildman–Crippen LogP) is 1.94. The fourth-order valence-electron chi connectivity index (χ4n) is 3.45. The molecule has 3 rings (SSSR count). The number of piperidine rings is 1. The SMILES string of the molecule is CC(C(=O)Nc1ccc(S(=O)(=O)N2CCCCC2)cc1)N1CCNCC1.Cl.Cl. The lowest BCUT2D eigenvalue weighted by atomic mass is 10.2. The Bertz CT molecular complexity index is 719. The first kappa shape index (κ1) is 25.1. The monoisotopic (exact) mass is 452 g/mol. The Morgan fingerprint density at radius 3 is 2.14 bits per heavy atom. The van der Waals surface area contributed by atoms with E-state index in [1.807, 2.05) is 6.92 Å². The van der Waals surface area contributed by atoms with Crippen LogP contribution >= 0.6 is 24.8 Å². The van der Waals surface area contributed by atoms with Gasteiger partial charge in [0.25, 0.3) is 0 Å². The largest absolute Gasteiger partial charge is 0.325 e. The van der Waals surface area contributed by atoms with E-state index in [2.05, 4.69) is 15.5 Å². The summed E-state index contributed by atoms with van der Waals surface area (Å²) < 4.78 is 26.9. The van der Waals surface area contributed by atoms with E-state index in [0.717, 1.165) is 45.4 Å². The van der Waals surface area contributed by atoms with Gasteiger partial charge in [-0.15, -0.1) is 24.8 Å². The molecule has 1 aromatic carbocycles. The number of hydrogen-bond donors (Lipinski definition) is 2. The molecule has 1 atom stereocenters. The third-order valence-electron chi connectivity index (χ3n) is 5.15. The summed E-state index contributed by atoms with van der Waals surface area (Å²) in [6.07, 6.45) is 2.91. The quantitative estimate of drug-likeness (QED) is 0.712. The van der Waals surface area contributed by atoms with Crippen LogP contribution in [0.3, 0.4) is 0 Å². The average molecular weight is 453 g/mol. The van der Waals surface area contributed by atoms with Crippen molar-refractivity contribution >= 4 is 46.4 Å². The number of nitrogens with zero attached hydrogens (tertiary/aromatic N) is 2. The number of benzene rings is 1. The van der Waals surface area contributed by atoms with Gasteiger partial charge >= 0.3 is 0 Å². The zero-order valence-corrected chi connectivity index (χ0v) is 18.5. The molecule has 0 bridgehead atoms. The van der Waals surface area contributed by atoms with Crippen molar-refractivity contribution in [3.63, 3.8) is 0 Å². The van der Waals surface area contributed by atoms with Gasteiger partial charge in [0, 0.05) is 45.0 Å². The van der Waals surface area contributed by atoms with E-state index in [4.69, 9.17) is 0 Å². The van der Waals surface area contributed by atoms with Crippen molar-refractivity contribution in [2.24, 2.45) is 0 Å². The topological polar surface area (TPSA) is 81.8 Å². The summed E-state index contributed by atoms with van der Waals surface area (Å²) in [5, 5.41) is 6.16. The van der Waals surface area contributed by atoms with Crippen LogP contribution in [0.2, 0.25) is 0 Å². The fourth-order valence-corrected chi connectivity index (χ4v) is 4.96. The molecule has 1 amide bonds. The van der Waals surface area contributed by atoms with Gasteiger partial charge in [-0.25, -0.2) is 8.42 Å². The van der Waals surface area contributed by atoms with Gasteiger partial charge in [-0.3, -0.25) is 9.69 Å². The highest BCUT2D eigenvalue weighted by atomic mass is 35.5. The van der Waals surface area contributed by atoms with Crippen LogP contribution < -0.4 is 10.6 Å².